The van der Waals surface area contributed by atoms with Crippen molar-refractivity contribution in [2.24, 2.45) is 0 Å². The molecule has 4 nitrogen and oxygen atoms in total. The van der Waals surface area contributed by atoms with Crippen LogP contribution in [0.25, 0.3) is 0 Å². The summed E-state index contributed by atoms with van der Waals surface area (Å²) >= 11 is 1.60. The maximum absolute atomic E-state index is 11.3. The average molecular weight is 372 g/mol. The number of rotatable bonds is 6. The number of hydrogen-bond donors (Lipinski definition) is 0. The lowest BCUT2D eigenvalue weighted by Crippen LogP contribution is -2.30. The molecule has 2 aromatic rings. The normalized spacial score (nSPS) is 22.0. The van der Waals surface area contributed by atoms with Gasteiger partial charge >= 0.3 is 5.97 Å². The first-order valence-electron chi connectivity index (χ1n) is 8.75. The molecule has 2 aromatic carbocycles. The molecule has 0 saturated carbocycles. The van der Waals surface area contributed by atoms with E-state index in [0.29, 0.717) is 13.0 Å². The number of ether oxygens (including phenoxy) is 3. The molecule has 0 unspecified atom stereocenters. The number of thioether (sulfide) groups is 1. The molecule has 1 heterocycles. The first kappa shape index (κ1) is 18.6. The van der Waals surface area contributed by atoms with Gasteiger partial charge in [0.15, 0.2) is 5.44 Å². The summed E-state index contributed by atoms with van der Waals surface area (Å²) in [6, 6.07) is 16.0. The molecule has 0 amide bonds. The fraction of sp³-hybridized carbons (Fsp3) is 0.381. The molecular weight excluding hydrogens is 348 g/mol. The Bertz CT molecular complexity index is 727. The van der Waals surface area contributed by atoms with E-state index in [0.717, 1.165) is 11.5 Å². The van der Waals surface area contributed by atoms with Crippen molar-refractivity contribution in [3.05, 3.63) is 59.7 Å². The van der Waals surface area contributed by atoms with E-state index >= 15 is 0 Å². The Morgan fingerprint density at radius 3 is 2.15 bits per heavy atom. The highest BCUT2D eigenvalue weighted by Crippen LogP contribution is 2.37. The fourth-order valence-electron chi connectivity index (χ4n) is 2.82. The Morgan fingerprint density at radius 2 is 1.58 bits per heavy atom. The topological polar surface area (TPSA) is 44.8 Å². The minimum absolute atomic E-state index is 0.0718. The van der Waals surface area contributed by atoms with Gasteiger partial charge in [0, 0.05) is 13.3 Å². The molecule has 0 N–H and O–H groups in total. The zero-order valence-electron chi connectivity index (χ0n) is 15.3. The third-order valence-electron chi connectivity index (χ3n) is 4.21. The Hall–Kier alpha value is -2.14. The van der Waals surface area contributed by atoms with Gasteiger partial charge in [0.1, 0.15) is 24.2 Å². The summed E-state index contributed by atoms with van der Waals surface area (Å²) < 4.78 is 17.5. The summed E-state index contributed by atoms with van der Waals surface area (Å²) in [5, 5.41) is 0.0851. The summed E-state index contributed by atoms with van der Waals surface area (Å²) in [7, 11) is 0. The second kappa shape index (κ2) is 8.49. The van der Waals surface area contributed by atoms with Gasteiger partial charge in [-0.3, -0.25) is 4.79 Å². The quantitative estimate of drug-likeness (QED) is 0.698. The number of carbonyl (C=O) groups is 1. The number of aryl methyl sites for hydroxylation is 2. The number of esters is 1. The van der Waals surface area contributed by atoms with Gasteiger partial charge in [-0.1, -0.05) is 35.4 Å². The SMILES string of the molecule is CC(=O)O[C@H]1C[C@H](Oc2ccc(C)cc2)[C@@H](COc2ccc(C)cc2)S1. The van der Waals surface area contributed by atoms with E-state index in [1.807, 2.05) is 62.4 Å². The van der Waals surface area contributed by atoms with Crippen LogP contribution in [-0.4, -0.2) is 29.4 Å². The standard InChI is InChI=1S/C21H24O4S/c1-14-4-8-17(9-5-14)23-13-20-19(12-21(26-20)24-16(3)22)25-18-10-6-15(2)7-11-18/h4-11,19-21H,12-13H2,1-3H3/t19-,20+,21+/m0/s1. The van der Waals surface area contributed by atoms with Crippen molar-refractivity contribution >= 4 is 17.7 Å². The average Bonchev–Trinajstić information content (AvgIpc) is 2.97. The molecule has 0 aliphatic carbocycles. The molecule has 26 heavy (non-hydrogen) atoms. The van der Waals surface area contributed by atoms with Crippen LogP contribution in [0.15, 0.2) is 48.5 Å². The van der Waals surface area contributed by atoms with Gasteiger partial charge in [0.05, 0.1) is 5.25 Å². The van der Waals surface area contributed by atoms with E-state index in [9.17, 15) is 4.79 Å². The maximum Gasteiger partial charge on any atom is 0.303 e. The monoisotopic (exact) mass is 372 g/mol. The first-order chi connectivity index (χ1) is 12.5. The predicted octanol–water partition coefficient (Wildman–Crippen LogP) is 4.52. The minimum atomic E-state index is -0.267. The van der Waals surface area contributed by atoms with Crippen LogP contribution < -0.4 is 9.47 Å². The van der Waals surface area contributed by atoms with E-state index in [1.165, 1.54) is 18.1 Å². The molecule has 3 rings (SSSR count). The molecule has 1 fully saturated rings. The summed E-state index contributed by atoms with van der Waals surface area (Å²) in [6.07, 6.45) is 0.581. The van der Waals surface area contributed by atoms with E-state index in [4.69, 9.17) is 14.2 Å². The molecule has 138 valence electrons. The Kier molecular flexibility index (Phi) is 6.09. The molecule has 1 aliphatic rings. The van der Waals surface area contributed by atoms with Crippen molar-refractivity contribution in [1.29, 1.82) is 0 Å². The Morgan fingerprint density at radius 1 is 1.00 bits per heavy atom. The Balaban J connectivity index is 1.65. The van der Waals surface area contributed by atoms with Crippen LogP contribution in [0.4, 0.5) is 0 Å². The van der Waals surface area contributed by atoms with Crippen LogP contribution in [0, 0.1) is 13.8 Å². The highest BCUT2D eigenvalue weighted by Gasteiger charge is 2.39. The third kappa shape index (κ3) is 5.18. The van der Waals surface area contributed by atoms with E-state index in [1.54, 1.807) is 11.8 Å². The van der Waals surface area contributed by atoms with Gasteiger partial charge in [0.2, 0.25) is 0 Å². The van der Waals surface area contributed by atoms with Crippen LogP contribution in [0.1, 0.15) is 24.5 Å². The summed E-state index contributed by atoms with van der Waals surface area (Å²) in [6.45, 7) is 6.03. The van der Waals surface area contributed by atoms with Crippen molar-refractivity contribution in [2.75, 3.05) is 6.61 Å². The summed E-state index contributed by atoms with van der Waals surface area (Å²) in [4.78, 5) is 11.3. The van der Waals surface area contributed by atoms with Crippen molar-refractivity contribution in [1.82, 2.24) is 0 Å². The van der Waals surface area contributed by atoms with Gasteiger partial charge < -0.3 is 14.2 Å². The van der Waals surface area contributed by atoms with Crippen LogP contribution in [0.2, 0.25) is 0 Å². The highest BCUT2D eigenvalue weighted by atomic mass is 32.2. The van der Waals surface area contributed by atoms with Gasteiger partial charge in [-0.25, -0.2) is 0 Å². The number of benzene rings is 2. The molecule has 3 atom stereocenters. The van der Waals surface area contributed by atoms with E-state index < -0.39 is 0 Å². The van der Waals surface area contributed by atoms with Gasteiger partial charge in [-0.2, -0.15) is 0 Å². The lowest BCUT2D eigenvalue weighted by atomic mass is 10.2. The molecule has 1 saturated heterocycles. The second-order valence-electron chi connectivity index (χ2n) is 6.54. The molecule has 0 radical (unpaired) electrons. The van der Waals surface area contributed by atoms with Gasteiger partial charge in [0.25, 0.3) is 0 Å². The van der Waals surface area contributed by atoms with Crippen LogP contribution in [0.5, 0.6) is 11.5 Å². The zero-order chi connectivity index (χ0) is 18.5. The zero-order valence-corrected chi connectivity index (χ0v) is 16.1. The fourth-order valence-corrected chi connectivity index (χ4v) is 4.19. The smallest absolute Gasteiger partial charge is 0.303 e. The van der Waals surface area contributed by atoms with E-state index in [2.05, 4.69) is 0 Å². The van der Waals surface area contributed by atoms with Crippen molar-refractivity contribution in [2.45, 2.75) is 44.0 Å². The summed E-state index contributed by atoms with van der Waals surface area (Å²) in [5.41, 5.74) is 2.19. The summed E-state index contributed by atoms with van der Waals surface area (Å²) in [5.74, 6) is 1.39. The molecule has 1 aliphatic heterocycles. The third-order valence-corrected chi connectivity index (χ3v) is 5.59. The first-order valence-corrected chi connectivity index (χ1v) is 9.69. The molecule has 5 heteroatoms. The lowest BCUT2D eigenvalue weighted by molar-refractivity contribution is -0.142. The lowest BCUT2D eigenvalue weighted by Gasteiger charge is -2.20. The van der Waals surface area contributed by atoms with Crippen LogP contribution >= 0.6 is 11.8 Å². The largest absolute Gasteiger partial charge is 0.492 e. The second-order valence-corrected chi connectivity index (χ2v) is 7.95. The molecule has 0 spiro atoms. The minimum Gasteiger partial charge on any atom is -0.492 e. The van der Waals surface area contributed by atoms with Crippen LogP contribution in [-0.2, 0) is 9.53 Å². The highest BCUT2D eigenvalue weighted by molar-refractivity contribution is 8.00. The van der Waals surface area contributed by atoms with Crippen molar-refractivity contribution in [3.8, 4) is 11.5 Å². The van der Waals surface area contributed by atoms with Gasteiger partial charge in [-0.15, -0.1) is 11.8 Å². The van der Waals surface area contributed by atoms with Crippen LogP contribution in [0.3, 0.4) is 0 Å². The molecule has 0 aromatic heterocycles. The van der Waals surface area contributed by atoms with E-state index in [-0.39, 0.29) is 22.8 Å². The van der Waals surface area contributed by atoms with Gasteiger partial charge in [-0.05, 0) is 38.1 Å². The number of carbonyl (C=O) groups excluding carboxylic acids is 1. The predicted molar refractivity (Wildman–Crippen MR) is 104 cm³/mol. The number of hydrogen-bond acceptors (Lipinski definition) is 5. The van der Waals surface area contributed by atoms with Crippen molar-refractivity contribution < 1.29 is 19.0 Å². The Labute approximate surface area is 158 Å². The maximum atomic E-state index is 11.3. The molecular formula is C21H24O4S. The molecule has 0 bridgehead atoms. The van der Waals surface area contributed by atoms with Crippen molar-refractivity contribution in [3.63, 3.8) is 0 Å².